The molecule has 0 spiro atoms. The summed E-state index contributed by atoms with van der Waals surface area (Å²) in [4.78, 5) is 25.7. The highest BCUT2D eigenvalue weighted by atomic mass is 16.5. The van der Waals surface area contributed by atoms with Gasteiger partial charge in [-0.15, -0.1) is 0 Å². The number of carbonyl (C=O) groups excluding carboxylic acids is 1. The number of nitrogens with two attached hydrogens (primary N) is 1. The van der Waals surface area contributed by atoms with E-state index in [4.69, 9.17) is 5.73 Å². The first-order chi connectivity index (χ1) is 10.2. The van der Waals surface area contributed by atoms with Crippen LogP contribution in [-0.2, 0) is 4.74 Å². The van der Waals surface area contributed by atoms with Gasteiger partial charge in [0.25, 0.3) is 0 Å². The van der Waals surface area contributed by atoms with Crippen molar-refractivity contribution in [3.8, 4) is 0 Å². The van der Waals surface area contributed by atoms with Gasteiger partial charge in [0.1, 0.15) is 6.61 Å². The molecule has 0 atom stereocenters. The van der Waals surface area contributed by atoms with Crippen LogP contribution in [0.15, 0.2) is 0 Å². The average Bonchev–Trinajstić information content (AvgIpc) is 2.98. The first-order valence-corrected chi connectivity index (χ1v) is 7.10. The van der Waals surface area contributed by atoms with E-state index in [0.717, 1.165) is 32.5 Å². The lowest BCUT2D eigenvalue weighted by Gasteiger charge is -2.17. The Morgan fingerprint density at radius 3 is 2.52 bits per heavy atom. The molecule has 1 saturated heterocycles. The Morgan fingerprint density at radius 1 is 1.24 bits per heavy atom. The van der Waals surface area contributed by atoms with Gasteiger partial charge in [-0.05, 0) is 19.8 Å². The first kappa shape index (κ1) is 15.1. The fraction of sp³-hybridized carbons (Fsp3) is 0.667. The average molecular weight is 295 g/mol. The topological polar surface area (TPSA) is 118 Å². The van der Waals surface area contributed by atoms with Gasteiger partial charge < -0.3 is 26.0 Å². The lowest BCUT2D eigenvalue weighted by Crippen LogP contribution is -2.23. The van der Waals surface area contributed by atoms with E-state index >= 15 is 0 Å². The molecule has 0 unspecified atom stereocenters. The zero-order valence-electron chi connectivity index (χ0n) is 12.1. The molecular weight excluding hydrogens is 274 g/mol. The Bertz CT molecular complexity index is 477. The summed E-state index contributed by atoms with van der Waals surface area (Å²) in [5.74, 6) is 1.65. The number of aromatic nitrogens is 3. The van der Waals surface area contributed by atoms with Crippen LogP contribution in [0.25, 0.3) is 0 Å². The Labute approximate surface area is 123 Å². The molecule has 21 heavy (non-hydrogen) atoms. The molecule has 116 valence electrons. The van der Waals surface area contributed by atoms with Gasteiger partial charge in [-0.1, -0.05) is 0 Å². The maximum atomic E-state index is 10.5. The number of ether oxygens (including phenoxy) is 1. The molecule has 1 aromatic heterocycles. The van der Waals surface area contributed by atoms with Crippen LogP contribution in [0.5, 0.6) is 0 Å². The Kier molecular flexibility index (Phi) is 5.35. The third-order valence-corrected chi connectivity index (χ3v) is 2.98. The number of hydrogen-bond acceptors (Lipinski definition) is 8. The van der Waals surface area contributed by atoms with E-state index in [2.05, 4.69) is 35.2 Å². The number of rotatable bonds is 7. The highest BCUT2D eigenvalue weighted by Gasteiger charge is 2.17. The molecule has 1 aliphatic rings. The van der Waals surface area contributed by atoms with Crippen molar-refractivity contribution in [2.45, 2.75) is 19.8 Å². The molecule has 2 rings (SSSR count). The molecule has 1 fully saturated rings. The summed E-state index contributed by atoms with van der Waals surface area (Å²) in [5.41, 5.74) is 4.90. The number of hydrogen-bond donors (Lipinski definition) is 3. The van der Waals surface area contributed by atoms with Crippen molar-refractivity contribution in [3.05, 3.63) is 0 Å². The van der Waals surface area contributed by atoms with E-state index < -0.39 is 6.09 Å². The minimum absolute atomic E-state index is 0.163. The summed E-state index contributed by atoms with van der Waals surface area (Å²) in [5, 5.41) is 6.09. The highest BCUT2D eigenvalue weighted by Crippen LogP contribution is 2.18. The van der Waals surface area contributed by atoms with E-state index in [1.807, 2.05) is 6.92 Å². The van der Waals surface area contributed by atoms with E-state index in [0.29, 0.717) is 24.4 Å². The molecule has 1 aliphatic heterocycles. The van der Waals surface area contributed by atoms with Gasteiger partial charge in [-0.2, -0.15) is 15.0 Å². The van der Waals surface area contributed by atoms with Crippen molar-refractivity contribution in [2.75, 3.05) is 48.3 Å². The molecule has 1 aromatic rings. The molecule has 0 bridgehead atoms. The first-order valence-electron chi connectivity index (χ1n) is 7.10. The summed E-state index contributed by atoms with van der Waals surface area (Å²) in [7, 11) is 0. The largest absolute Gasteiger partial charge is 0.448 e. The molecule has 0 radical (unpaired) electrons. The summed E-state index contributed by atoms with van der Waals surface area (Å²) in [6.07, 6.45) is 1.51. The molecule has 0 aliphatic carbocycles. The highest BCUT2D eigenvalue weighted by molar-refractivity contribution is 5.64. The molecule has 0 saturated carbocycles. The Balaban J connectivity index is 2.02. The van der Waals surface area contributed by atoms with Crippen LogP contribution in [0.2, 0.25) is 0 Å². The van der Waals surface area contributed by atoms with Crippen LogP contribution in [0.3, 0.4) is 0 Å². The maximum absolute atomic E-state index is 10.5. The van der Waals surface area contributed by atoms with Crippen LogP contribution in [0.1, 0.15) is 19.8 Å². The number of amides is 1. The summed E-state index contributed by atoms with van der Waals surface area (Å²) < 4.78 is 4.65. The second-order valence-corrected chi connectivity index (χ2v) is 4.60. The lowest BCUT2D eigenvalue weighted by molar-refractivity contribution is 0.161. The number of carbonyl (C=O) groups is 1. The smallest absolute Gasteiger partial charge is 0.404 e. The van der Waals surface area contributed by atoms with Crippen molar-refractivity contribution in [1.82, 2.24) is 15.0 Å². The molecule has 2 heterocycles. The third kappa shape index (κ3) is 4.62. The van der Waals surface area contributed by atoms with Crippen molar-refractivity contribution in [1.29, 1.82) is 0 Å². The second kappa shape index (κ2) is 7.46. The number of primary amides is 1. The van der Waals surface area contributed by atoms with E-state index in [1.165, 1.54) is 0 Å². The van der Waals surface area contributed by atoms with Crippen molar-refractivity contribution in [2.24, 2.45) is 5.73 Å². The molecule has 1 amide bonds. The van der Waals surface area contributed by atoms with Crippen molar-refractivity contribution >= 4 is 23.9 Å². The minimum atomic E-state index is -0.793. The third-order valence-electron chi connectivity index (χ3n) is 2.98. The second-order valence-electron chi connectivity index (χ2n) is 4.60. The van der Waals surface area contributed by atoms with E-state index in [9.17, 15) is 4.79 Å². The van der Waals surface area contributed by atoms with Gasteiger partial charge in [0.05, 0.1) is 6.54 Å². The van der Waals surface area contributed by atoms with Crippen LogP contribution in [0.4, 0.5) is 22.6 Å². The van der Waals surface area contributed by atoms with Crippen molar-refractivity contribution < 1.29 is 9.53 Å². The Hall–Kier alpha value is -2.32. The standard InChI is InChI=1S/C12H21N7O2/c1-2-14-10-16-11(15-5-8-21-9(13)20)18-12(17-10)19-6-3-4-7-19/h2-8H2,1H3,(H2,13,20)(H2,14,15,16,17,18). The predicted octanol–water partition coefficient (Wildman–Crippen LogP) is 0.411. The fourth-order valence-corrected chi connectivity index (χ4v) is 2.05. The van der Waals surface area contributed by atoms with Gasteiger partial charge in [0.15, 0.2) is 0 Å². The van der Waals surface area contributed by atoms with E-state index in [1.54, 1.807) is 0 Å². The molecule has 0 aromatic carbocycles. The van der Waals surface area contributed by atoms with Crippen LogP contribution < -0.4 is 21.3 Å². The van der Waals surface area contributed by atoms with Gasteiger partial charge in [-0.25, -0.2) is 4.79 Å². The summed E-state index contributed by atoms with van der Waals surface area (Å²) >= 11 is 0. The van der Waals surface area contributed by atoms with Crippen molar-refractivity contribution in [3.63, 3.8) is 0 Å². The van der Waals surface area contributed by atoms with Crippen LogP contribution in [0, 0.1) is 0 Å². The van der Waals surface area contributed by atoms with Crippen LogP contribution in [-0.4, -0.2) is 53.8 Å². The zero-order chi connectivity index (χ0) is 15.1. The normalized spacial score (nSPS) is 14.0. The number of nitrogens with zero attached hydrogens (tertiary/aromatic N) is 4. The van der Waals surface area contributed by atoms with Gasteiger partial charge >= 0.3 is 6.09 Å². The molecule has 9 nitrogen and oxygen atoms in total. The quantitative estimate of drug-likeness (QED) is 0.619. The molecule has 9 heteroatoms. The van der Waals surface area contributed by atoms with Crippen LogP contribution >= 0.6 is 0 Å². The lowest BCUT2D eigenvalue weighted by atomic mass is 10.4. The minimum Gasteiger partial charge on any atom is -0.448 e. The number of nitrogens with one attached hydrogen (secondary N) is 2. The van der Waals surface area contributed by atoms with Gasteiger partial charge in [0.2, 0.25) is 17.8 Å². The Morgan fingerprint density at radius 2 is 1.90 bits per heavy atom. The summed E-state index contributed by atoms with van der Waals surface area (Å²) in [6.45, 7) is 5.18. The molecular formula is C12H21N7O2. The van der Waals surface area contributed by atoms with E-state index in [-0.39, 0.29) is 6.61 Å². The monoisotopic (exact) mass is 295 g/mol. The van der Waals surface area contributed by atoms with Gasteiger partial charge in [-0.3, -0.25) is 0 Å². The zero-order valence-corrected chi connectivity index (χ0v) is 12.1. The van der Waals surface area contributed by atoms with Gasteiger partial charge in [0, 0.05) is 19.6 Å². The fourth-order valence-electron chi connectivity index (χ4n) is 2.05. The SMILES string of the molecule is CCNc1nc(NCCOC(N)=O)nc(N2CCCC2)n1. The maximum Gasteiger partial charge on any atom is 0.404 e. The predicted molar refractivity (Wildman–Crippen MR) is 79.5 cm³/mol. The summed E-state index contributed by atoms with van der Waals surface area (Å²) in [6, 6.07) is 0. The number of anilines is 3. The molecule has 4 N–H and O–H groups in total.